The van der Waals surface area contributed by atoms with Crippen molar-refractivity contribution in [3.63, 3.8) is 0 Å². The van der Waals surface area contributed by atoms with Crippen LogP contribution in [0.25, 0.3) is 11.1 Å². The van der Waals surface area contributed by atoms with Crippen LogP contribution in [0.1, 0.15) is 17.5 Å². The second-order valence-electron chi connectivity index (χ2n) is 6.97. The molecule has 1 atom stereocenters. The quantitative estimate of drug-likeness (QED) is 0.901. The third-order valence-corrected chi connectivity index (χ3v) is 5.16. The van der Waals surface area contributed by atoms with E-state index in [1.54, 1.807) is 6.07 Å². The lowest BCUT2D eigenvalue weighted by Gasteiger charge is -2.23. The zero-order valence-electron chi connectivity index (χ0n) is 14.9. The summed E-state index contributed by atoms with van der Waals surface area (Å²) >= 11 is 0. The largest absolute Gasteiger partial charge is 0.504 e. The van der Waals surface area contributed by atoms with Crippen molar-refractivity contribution < 1.29 is 19.4 Å². The van der Waals surface area contributed by atoms with Crippen molar-refractivity contribution in [2.24, 2.45) is 5.92 Å². The second kappa shape index (κ2) is 7.00. The van der Waals surface area contributed by atoms with Crippen LogP contribution in [-0.2, 0) is 16.1 Å². The minimum absolute atomic E-state index is 0.0651. The highest BCUT2D eigenvalue weighted by Crippen LogP contribution is 2.38. The summed E-state index contributed by atoms with van der Waals surface area (Å²) in [6.07, 6.45) is 0.775. The molecule has 2 aromatic rings. The van der Waals surface area contributed by atoms with Gasteiger partial charge in [0.15, 0.2) is 11.5 Å². The molecule has 0 spiro atoms. The van der Waals surface area contributed by atoms with E-state index in [0.717, 1.165) is 28.7 Å². The summed E-state index contributed by atoms with van der Waals surface area (Å²) in [6, 6.07) is 11.8. The van der Waals surface area contributed by atoms with Crippen LogP contribution in [0.4, 0.5) is 0 Å². The van der Waals surface area contributed by atoms with Crippen LogP contribution in [-0.4, -0.2) is 42.3 Å². The van der Waals surface area contributed by atoms with Gasteiger partial charge in [0.25, 0.3) is 0 Å². The van der Waals surface area contributed by atoms with Crippen molar-refractivity contribution in [2.75, 3.05) is 26.4 Å². The molecule has 2 heterocycles. The van der Waals surface area contributed by atoms with E-state index in [-0.39, 0.29) is 17.6 Å². The molecule has 0 saturated carbocycles. The van der Waals surface area contributed by atoms with E-state index >= 15 is 0 Å². The van der Waals surface area contributed by atoms with E-state index in [9.17, 15) is 9.90 Å². The van der Waals surface area contributed by atoms with Crippen molar-refractivity contribution >= 4 is 5.91 Å². The zero-order chi connectivity index (χ0) is 18.1. The van der Waals surface area contributed by atoms with Crippen LogP contribution in [0, 0.1) is 12.8 Å². The fourth-order valence-electron chi connectivity index (χ4n) is 3.73. The van der Waals surface area contributed by atoms with Crippen LogP contribution in [0.3, 0.4) is 0 Å². The van der Waals surface area contributed by atoms with E-state index in [4.69, 9.17) is 9.47 Å². The van der Waals surface area contributed by atoms with E-state index < -0.39 is 0 Å². The molecule has 136 valence electrons. The molecule has 1 amide bonds. The van der Waals surface area contributed by atoms with Crippen LogP contribution in [0.15, 0.2) is 36.4 Å². The Labute approximate surface area is 153 Å². The zero-order valence-corrected chi connectivity index (χ0v) is 14.9. The van der Waals surface area contributed by atoms with E-state index in [1.807, 2.05) is 42.2 Å². The van der Waals surface area contributed by atoms with E-state index in [2.05, 4.69) is 0 Å². The highest BCUT2D eigenvalue weighted by atomic mass is 16.5. The summed E-state index contributed by atoms with van der Waals surface area (Å²) in [6.45, 7) is 4.53. The molecule has 1 saturated heterocycles. The number of phenolic OH excluding ortho intramolecular Hbond substituents is 1. The normalized spacial score (nSPS) is 19.6. The van der Waals surface area contributed by atoms with Crippen molar-refractivity contribution in [2.45, 2.75) is 19.9 Å². The van der Waals surface area contributed by atoms with Crippen molar-refractivity contribution in [3.05, 3.63) is 47.5 Å². The van der Waals surface area contributed by atoms with E-state index in [1.165, 1.54) is 0 Å². The maximum absolute atomic E-state index is 12.8. The van der Waals surface area contributed by atoms with Gasteiger partial charge in [-0.2, -0.15) is 0 Å². The van der Waals surface area contributed by atoms with Crippen LogP contribution >= 0.6 is 0 Å². The summed E-state index contributed by atoms with van der Waals surface area (Å²) in [5, 5.41) is 10.5. The third-order valence-electron chi connectivity index (χ3n) is 5.16. The Morgan fingerprint density at radius 2 is 2.08 bits per heavy atom. The smallest absolute Gasteiger partial charge is 0.228 e. The minimum atomic E-state index is -0.0651. The number of amides is 1. The van der Waals surface area contributed by atoms with Gasteiger partial charge in [-0.05, 0) is 42.2 Å². The maximum atomic E-state index is 12.8. The topological polar surface area (TPSA) is 59.0 Å². The number of ether oxygens (including phenoxy) is 2. The Morgan fingerprint density at radius 1 is 1.23 bits per heavy atom. The van der Waals surface area contributed by atoms with Gasteiger partial charge in [-0.1, -0.05) is 24.3 Å². The van der Waals surface area contributed by atoms with E-state index in [0.29, 0.717) is 38.7 Å². The molecule has 0 bridgehead atoms. The predicted molar refractivity (Wildman–Crippen MR) is 98.1 cm³/mol. The number of aromatic hydroxyl groups is 1. The summed E-state index contributed by atoms with van der Waals surface area (Å²) in [7, 11) is 0. The number of aryl methyl sites for hydroxylation is 1. The number of hydrogen-bond acceptors (Lipinski definition) is 4. The Morgan fingerprint density at radius 3 is 2.85 bits per heavy atom. The average Bonchev–Trinajstić information content (AvgIpc) is 3.08. The third kappa shape index (κ3) is 3.15. The minimum Gasteiger partial charge on any atom is -0.504 e. The molecule has 26 heavy (non-hydrogen) atoms. The molecule has 2 aliphatic heterocycles. The Hall–Kier alpha value is -2.53. The number of hydrogen-bond donors (Lipinski definition) is 1. The van der Waals surface area contributed by atoms with Crippen LogP contribution in [0.2, 0.25) is 0 Å². The summed E-state index contributed by atoms with van der Waals surface area (Å²) in [5.74, 6) is 0.656. The van der Waals surface area contributed by atoms with Gasteiger partial charge in [0.05, 0.1) is 19.1 Å². The van der Waals surface area contributed by atoms with Crippen molar-refractivity contribution in [1.29, 1.82) is 0 Å². The summed E-state index contributed by atoms with van der Waals surface area (Å²) in [5.41, 5.74) is 3.98. The Balaban J connectivity index is 1.68. The highest BCUT2D eigenvalue weighted by Gasteiger charge is 2.30. The molecule has 0 aliphatic carbocycles. The number of rotatable bonds is 2. The van der Waals surface area contributed by atoms with Gasteiger partial charge in [-0.15, -0.1) is 0 Å². The molecule has 1 fully saturated rings. The lowest BCUT2D eigenvalue weighted by Crippen LogP contribution is -2.37. The molecule has 0 unspecified atom stereocenters. The Kier molecular flexibility index (Phi) is 4.55. The van der Waals surface area contributed by atoms with Gasteiger partial charge in [0.2, 0.25) is 5.91 Å². The molecule has 4 rings (SSSR count). The first-order chi connectivity index (χ1) is 12.6. The average molecular weight is 353 g/mol. The number of fused-ring (bicyclic) bond motifs is 1. The molecule has 5 nitrogen and oxygen atoms in total. The standard InChI is InChI=1S/C21H23NO4/c1-14-4-2-3-5-18(14)16-10-17-12-22(21(24)15-6-8-25-13-15)7-9-26-20(17)19(23)11-16/h2-5,10-11,15,23H,6-9,12-13H2,1H3/t15-/m0/s1. The highest BCUT2D eigenvalue weighted by molar-refractivity contribution is 5.80. The summed E-state index contributed by atoms with van der Waals surface area (Å²) in [4.78, 5) is 14.6. The molecule has 5 heteroatoms. The lowest BCUT2D eigenvalue weighted by atomic mass is 9.97. The van der Waals surface area contributed by atoms with Gasteiger partial charge < -0.3 is 19.5 Å². The number of benzene rings is 2. The van der Waals surface area contributed by atoms with Gasteiger partial charge in [-0.25, -0.2) is 0 Å². The molecule has 2 aliphatic rings. The number of nitrogens with zero attached hydrogens (tertiary/aromatic N) is 1. The molecule has 0 radical (unpaired) electrons. The second-order valence-corrected chi connectivity index (χ2v) is 6.97. The first-order valence-corrected chi connectivity index (χ1v) is 9.04. The van der Waals surface area contributed by atoms with Crippen molar-refractivity contribution in [1.82, 2.24) is 4.90 Å². The molecule has 1 N–H and O–H groups in total. The number of carbonyl (C=O) groups excluding carboxylic acids is 1. The number of carbonyl (C=O) groups is 1. The van der Waals surface area contributed by atoms with Crippen molar-refractivity contribution in [3.8, 4) is 22.6 Å². The maximum Gasteiger partial charge on any atom is 0.228 e. The van der Waals surface area contributed by atoms with Gasteiger partial charge in [0, 0.05) is 18.7 Å². The SMILES string of the molecule is Cc1ccccc1-c1cc(O)c2c(c1)CN(C(=O)[C@H]1CCOC1)CCO2. The fourth-order valence-corrected chi connectivity index (χ4v) is 3.73. The first kappa shape index (κ1) is 16.9. The fraction of sp³-hybridized carbons (Fsp3) is 0.381. The summed E-state index contributed by atoms with van der Waals surface area (Å²) < 4.78 is 11.1. The van der Waals surface area contributed by atoms with Gasteiger partial charge in [0.1, 0.15) is 6.61 Å². The molecule has 0 aromatic heterocycles. The number of phenols is 1. The van der Waals surface area contributed by atoms with Crippen LogP contribution < -0.4 is 4.74 Å². The van der Waals surface area contributed by atoms with Crippen LogP contribution in [0.5, 0.6) is 11.5 Å². The monoisotopic (exact) mass is 353 g/mol. The Bertz CT molecular complexity index is 827. The van der Waals surface area contributed by atoms with Gasteiger partial charge >= 0.3 is 0 Å². The predicted octanol–water partition coefficient (Wildman–Crippen LogP) is 3.13. The van der Waals surface area contributed by atoms with Gasteiger partial charge in [-0.3, -0.25) is 4.79 Å². The lowest BCUT2D eigenvalue weighted by molar-refractivity contribution is -0.136. The first-order valence-electron chi connectivity index (χ1n) is 9.04. The molecular weight excluding hydrogens is 330 g/mol. The molecular formula is C21H23NO4. The molecule has 2 aromatic carbocycles.